The van der Waals surface area contributed by atoms with E-state index in [1.165, 1.54) is 6.54 Å². The van der Waals surface area contributed by atoms with E-state index in [4.69, 9.17) is 0 Å². The van der Waals surface area contributed by atoms with E-state index in [0.717, 1.165) is 42.1 Å². The zero-order valence-corrected chi connectivity index (χ0v) is 12.3. The summed E-state index contributed by atoms with van der Waals surface area (Å²) in [7, 11) is 0. The van der Waals surface area contributed by atoms with Crippen LogP contribution in [0.25, 0.3) is 0 Å². The Balaban J connectivity index is 1.51. The minimum absolute atomic E-state index is 0.838. The lowest BCUT2D eigenvalue weighted by atomic mass is 9.49. The summed E-state index contributed by atoms with van der Waals surface area (Å²) in [4.78, 5) is 1.63. The second kappa shape index (κ2) is 4.08. The normalized spacial score (nSPS) is 47.4. The first-order valence-electron chi connectivity index (χ1n) is 8.15. The second-order valence-electron chi connectivity index (χ2n) is 7.54. The zero-order valence-electron chi connectivity index (χ0n) is 11.5. The molecule has 1 aromatic heterocycles. The molecule has 2 heteroatoms. The van der Waals surface area contributed by atoms with Crippen molar-refractivity contribution in [3.05, 3.63) is 21.9 Å². The van der Waals surface area contributed by atoms with Crippen LogP contribution in [0.1, 0.15) is 48.5 Å². The van der Waals surface area contributed by atoms with Gasteiger partial charge in [-0.1, -0.05) is 0 Å². The molecule has 19 heavy (non-hydrogen) atoms. The number of rotatable bonds is 1. The van der Waals surface area contributed by atoms with Crippen LogP contribution in [-0.2, 0) is 6.54 Å². The van der Waals surface area contributed by atoms with Crippen molar-refractivity contribution in [3.63, 3.8) is 0 Å². The Morgan fingerprint density at radius 3 is 2.47 bits per heavy atom. The third-order valence-electron chi connectivity index (χ3n) is 6.59. The molecule has 1 nitrogen and oxygen atoms in total. The Morgan fingerprint density at radius 2 is 1.74 bits per heavy atom. The first-order chi connectivity index (χ1) is 9.38. The van der Waals surface area contributed by atoms with Gasteiger partial charge in [0.1, 0.15) is 0 Å². The summed E-state index contributed by atoms with van der Waals surface area (Å²) >= 11 is 1.97. The van der Waals surface area contributed by atoms with E-state index in [9.17, 15) is 0 Å². The lowest BCUT2D eigenvalue weighted by Crippen LogP contribution is -2.49. The zero-order chi connectivity index (χ0) is 12.4. The van der Waals surface area contributed by atoms with Crippen molar-refractivity contribution < 1.29 is 0 Å². The van der Waals surface area contributed by atoms with E-state index >= 15 is 0 Å². The summed E-state index contributed by atoms with van der Waals surface area (Å²) in [5.74, 6) is 6.19. The first kappa shape index (κ1) is 11.3. The fourth-order valence-electron chi connectivity index (χ4n) is 6.24. The maximum absolute atomic E-state index is 3.70. The van der Waals surface area contributed by atoms with Gasteiger partial charge in [0.2, 0.25) is 0 Å². The minimum atomic E-state index is 0.838. The lowest BCUT2D eigenvalue weighted by molar-refractivity contribution is -0.0484. The van der Waals surface area contributed by atoms with Crippen LogP contribution in [0.5, 0.6) is 0 Å². The van der Waals surface area contributed by atoms with Crippen LogP contribution in [0.4, 0.5) is 0 Å². The molecule has 1 atom stereocenters. The Labute approximate surface area is 119 Å². The van der Waals surface area contributed by atoms with Crippen LogP contribution in [0, 0.1) is 29.6 Å². The third kappa shape index (κ3) is 1.62. The molecule has 4 saturated carbocycles. The molecule has 0 saturated heterocycles. The topological polar surface area (TPSA) is 12.0 Å². The molecule has 4 aliphatic carbocycles. The van der Waals surface area contributed by atoms with Crippen molar-refractivity contribution in [2.75, 3.05) is 6.54 Å². The minimum Gasteiger partial charge on any atom is -0.311 e. The highest BCUT2D eigenvalue weighted by Gasteiger charge is 2.51. The Hall–Kier alpha value is -0.340. The highest BCUT2D eigenvalue weighted by Crippen LogP contribution is 2.60. The molecule has 4 bridgehead atoms. The van der Waals surface area contributed by atoms with Gasteiger partial charge in [-0.15, -0.1) is 11.3 Å². The average Bonchev–Trinajstić information content (AvgIpc) is 2.86. The van der Waals surface area contributed by atoms with Crippen LogP contribution in [-0.4, -0.2) is 6.54 Å². The van der Waals surface area contributed by atoms with Crippen molar-refractivity contribution in [3.8, 4) is 0 Å². The summed E-state index contributed by atoms with van der Waals surface area (Å²) in [6, 6.07) is 2.44. The molecule has 1 aliphatic heterocycles. The summed E-state index contributed by atoms with van der Waals surface area (Å²) in [6.45, 7) is 2.37. The highest BCUT2D eigenvalue weighted by molar-refractivity contribution is 7.10. The van der Waals surface area contributed by atoms with Gasteiger partial charge in [-0.2, -0.15) is 0 Å². The fraction of sp³-hybridized carbons (Fsp3) is 0.765. The third-order valence-corrected chi connectivity index (χ3v) is 7.53. The standard InChI is InChI=1S/C17H23NS/c1-2-19-16-9-18-8-15(14(1)16)17-12-4-10-3-11(6-12)7-13(17)5-10/h1-2,10-13,15,17-18H,3-9H2. The van der Waals surface area contributed by atoms with Gasteiger partial charge in [-0.25, -0.2) is 0 Å². The molecule has 1 N–H and O–H groups in total. The van der Waals surface area contributed by atoms with Gasteiger partial charge in [-0.3, -0.25) is 0 Å². The molecular weight excluding hydrogens is 250 g/mol. The monoisotopic (exact) mass is 273 g/mol. The molecule has 0 amide bonds. The van der Waals surface area contributed by atoms with Crippen LogP contribution in [0.2, 0.25) is 0 Å². The van der Waals surface area contributed by atoms with Crippen molar-refractivity contribution in [1.82, 2.24) is 5.32 Å². The fourth-order valence-corrected chi connectivity index (χ4v) is 7.16. The van der Waals surface area contributed by atoms with Gasteiger partial charge in [0.05, 0.1) is 0 Å². The number of hydrogen-bond acceptors (Lipinski definition) is 2. The number of thiophene rings is 1. The molecule has 1 aromatic rings. The van der Waals surface area contributed by atoms with Crippen molar-refractivity contribution in [2.24, 2.45) is 29.6 Å². The van der Waals surface area contributed by atoms with Crippen LogP contribution in [0.15, 0.2) is 11.4 Å². The van der Waals surface area contributed by atoms with E-state index in [2.05, 4.69) is 16.8 Å². The molecule has 5 aliphatic rings. The van der Waals surface area contributed by atoms with E-state index < -0.39 is 0 Å². The molecule has 1 unspecified atom stereocenters. The molecule has 2 heterocycles. The van der Waals surface area contributed by atoms with Crippen LogP contribution < -0.4 is 5.32 Å². The smallest absolute Gasteiger partial charge is 0.0302 e. The highest BCUT2D eigenvalue weighted by atomic mass is 32.1. The first-order valence-corrected chi connectivity index (χ1v) is 9.03. The van der Waals surface area contributed by atoms with Crippen LogP contribution >= 0.6 is 11.3 Å². The molecule has 102 valence electrons. The van der Waals surface area contributed by atoms with Gasteiger partial charge in [-0.05, 0) is 78.7 Å². The predicted molar refractivity (Wildman–Crippen MR) is 79.3 cm³/mol. The summed E-state index contributed by atoms with van der Waals surface area (Å²) in [6.07, 6.45) is 7.83. The summed E-state index contributed by atoms with van der Waals surface area (Å²) < 4.78 is 0. The largest absolute Gasteiger partial charge is 0.311 e. The van der Waals surface area contributed by atoms with Crippen LogP contribution in [0.3, 0.4) is 0 Å². The van der Waals surface area contributed by atoms with Gasteiger partial charge in [0, 0.05) is 23.9 Å². The molecule has 4 fully saturated rings. The van der Waals surface area contributed by atoms with Gasteiger partial charge < -0.3 is 5.32 Å². The van der Waals surface area contributed by atoms with Gasteiger partial charge in [0.15, 0.2) is 0 Å². The number of nitrogens with one attached hydrogen (secondary N) is 1. The van der Waals surface area contributed by atoms with E-state index in [1.54, 1.807) is 42.5 Å². The van der Waals surface area contributed by atoms with Crippen molar-refractivity contribution in [2.45, 2.75) is 44.6 Å². The Kier molecular flexibility index (Phi) is 2.43. The van der Waals surface area contributed by atoms with Gasteiger partial charge >= 0.3 is 0 Å². The molecular formula is C17H23NS. The number of fused-ring (bicyclic) bond motifs is 1. The lowest BCUT2D eigenvalue weighted by Gasteiger charge is -2.57. The Morgan fingerprint density at radius 1 is 1.00 bits per heavy atom. The van der Waals surface area contributed by atoms with E-state index in [-0.39, 0.29) is 0 Å². The molecule has 0 aromatic carbocycles. The maximum atomic E-state index is 3.70. The Bertz CT molecular complexity index is 463. The number of hydrogen-bond donors (Lipinski definition) is 1. The van der Waals surface area contributed by atoms with Crippen molar-refractivity contribution >= 4 is 11.3 Å². The molecule has 0 radical (unpaired) electrons. The molecule has 0 spiro atoms. The summed E-state index contributed by atoms with van der Waals surface area (Å²) in [5.41, 5.74) is 1.72. The summed E-state index contributed by atoms with van der Waals surface area (Å²) in [5, 5.41) is 6.02. The SMILES string of the molecule is c1cc2c(s1)CNCC2C1C2CC3CC(C2)CC1C3. The maximum Gasteiger partial charge on any atom is 0.0302 e. The average molecular weight is 273 g/mol. The van der Waals surface area contributed by atoms with E-state index in [1.807, 2.05) is 11.3 Å². The van der Waals surface area contributed by atoms with Gasteiger partial charge in [0.25, 0.3) is 0 Å². The van der Waals surface area contributed by atoms with E-state index in [0.29, 0.717) is 0 Å². The predicted octanol–water partition coefficient (Wildman–Crippen LogP) is 4.01. The second-order valence-corrected chi connectivity index (χ2v) is 8.55. The molecule has 6 rings (SSSR count). The van der Waals surface area contributed by atoms with Crippen molar-refractivity contribution in [1.29, 1.82) is 0 Å². The quantitative estimate of drug-likeness (QED) is 0.815.